The number of hydrogen-bond acceptors (Lipinski definition) is 1. The molecular weight excluding hydrogens is 148 g/mol. The molecule has 0 bridgehead atoms. The van der Waals surface area contributed by atoms with Crippen LogP contribution >= 0.6 is 0 Å². The zero-order valence-electron chi connectivity index (χ0n) is 7.73. The fourth-order valence-corrected chi connectivity index (χ4v) is 1.65. The maximum absolute atomic E-state index is 11.4. The molecule has 0 radical (unpaired) electrons. The van der Waals surface area contributed by atoms with Gasteiger partial charge in [0.05, 0.1) is 0 Å². The summed E-state index contributed by atoms with van der Waals surface area (Å²) in [5.41, 5.74) is 2.37. The van der Waals surface area contributed by atoms with Crippen LogP contribution in [0.5, 0.6) is 0 Å². The summed E-state index contributed by atoms with van der Waals surface area (Å²) in [5.74, 6) is 0.362. The van der Waals surface area contributed by atoms with Gasteiger partial charge in [0.2, 0.25) is 0 Å². The molecular formula is C11H16O. The molecule has 1 heteroatoms. The number of hydrogen-bond donors (Lipinski definition) is 0. The molecule has 0 aromatic heterocycles. The molecule has 1 aliphatic rings. The van der Waals surface area contributed by atoms with E-state index < -0.39 is 0 Å². The minimum Gasteiger partial charge on any atom is -0.295 e. The standard InChI is InChI=1S/C11H16O/c1-3-4-7-10-9(2)6-5-8-11(10)12/h3H,1,4-8H2,2H3. The van der Waals surface area contributed by atoms with Crippen LogP contribution in [0.2, 0.25) is 0 Å². The molecule has 0 spiro atoms. The molecule has 0 unspecified atom stereocenters. The smallest absolute Gasteiger partial charge is 0.158 e. The van der Waals surface area contributed by atoms with E-state index in [1.54, 1.807) is 0 Å². The molecule has 0 atom stereocenters. The van der Waals surface area contributed by atoms with E-state index in [0.29, 0.717) is 5.78 Å². The van der Waals surface area contributed by atoms with E-state index in [1.807, 2.05) is 6.08 Å². The summed E-state index contributed by atoms with van der Waals surface area (Å²) < 4.78 is 0. The maximum atomic E-state index is 11.4. The first-order valence-corrected chi connectivity index (χ1v) is 4.58. The number of ketones is 1. The van der Waals surface area contributed by atoms with Crippen LogP contribution in [0, 0.1) is 0 Å². The van der Waals surface area contributed by atoms with Gasteiger partial charge in [0.25, 0.3) is 0 Å². The van der Waals surface area contributed by atoms with Gasteiger partial charge in [0.1, 0.15) is 0 Å². The van der Waals surface area contributed by atoms with E-state index in [1.165, 1.54) is 5.57 Å². The van der Waals surface area contributed by atoms with Crippen LogP contribution in [0.25, 0.3) is 0 Å². The Morgan fingerprint density at radius 1 is 1.50 bits per heavy atom. The Labute approximate surface area is 74.2 Å². The summed E-state index contributed by atoms with van der Waals surface area (Å²) in [6, 6.07) is 0. The molecule has 0 aromatic carbocycles. The summed E-state index contributed by atoms with van der Waals surface area (Å²) in [6.07, 6.45) is 6.61. The Morgan fingerprint density at radius 2 is 2.25 bits per heavy atom. The molecule has 0 heterocycles. The lowest BCUT2D eigenvalue weighted by molar-refractivity contribution is -0.116. The quantitative estimate of drug-likeness (QED) is 0.586. The van der Waals surface area contributed by atoms with Crippen molar-refractivity contribution in [2.24, 2.45) is 0 Å². The molecule has 0 N–H and O–H groups in total. The highest BCUT2D eigenvalue weighted by atomic mass is 16.1. The minimum absolute atomic E-state index is 0.362. The van der Waals surface area contributed by atoms with Crippen LogP contribution < -0.4 is 0 Å². The third-order valence-electron chi connectivity index (χ3n) is 2.41. The van der Waals surface area contributed by atoms with Crippen molar-refractivity contribution in [2.45, 2.75) is 39.0 Å². The van der Waals surface area contributed by atoms with Gasteiger partial charge < -0.3 is 0 Å². The van der Waals surface area contributed by atoms with Crippen LogP contribution in [-0.2, 0) is 4.79 Å². The SMILES string of the molecule is C=CCCC1=C(C)CCCC1=O. The van der Waals surface area contributed by atoms with Crippen molar-refractivity contribution in [1.82, 2.24) is 0 Å². The Morgan fingerprint density at radius 3 is 2.83 bits per heavy atom. The van der Waals surface area contributed by atoms with Crippen LogP contribution in [0.3, 0.4) is 0 Å². The molecule has 1 nitrogen and oxygen atoms in total. The summed E-state index contributed by atoms with van der Waals surface area (Å²) in [4.78, 5) is 11.4. The highest BCUT2D eigenvalue weighted by Gasteiger charge is 2.16. The van der Waals surface area contributed by atoms with Crippen molar-refractivity contribution < 1.29 is 4.79 Å². The van der Waals surface area contributed by atoms with Gasteiger partial charge >= 0.3 is 0 Å². The van der Waals surface area contributed by atoms with Crippen molar-refractivity contribution in [2.75, 3.05) is 0 Å². The first-order valence-electron chi connectivity index (χ1n) is 4.58. The van der Waals surface area contributed by atoms with Crippen molar-refractivity contribution in [3.8, 4) is 0 Å². The lowest BCUT2D eigenvalue weighted by Crippen LogP contribution is -2.10. The monoisotopic (exact) mass is 164 g/mol. The summed E-state index contributed by atoms with van der Waals surface area (Å²) >= 11 is 0. The molecule has 0 aliphatic heterocycles. The first-order chi connectivity index (χ1) is 5.75. The molecule has 0 amide bonds. The average Bonchev–Trinajstić information content (AvgIpc) is 2.04. The second-order valence-corrected chi connectivity index (χ2v) is 3.36. The van der Waals surface area contributed by atoms with E-state index >= 15 is 0 Å². The summed E-state index contributed by atoms with van der Waals surface area (Å²) in [5, 5.41) is 0. The number of rotatable bonds is 3. The fourth-order valence-electron chi connectivity index (χ4n) is 1.65. The van der Waals surface area contributed by atoms with Gasteiger partial charge in [0, 0.05) is 6.42 Å². The van der Waals surface area contributed by atoms with Gasteiger partial charge in [-0.15, -0.1) is 6.58 Å². The molecule has 1 rings (SSSR count). The lowest BCUT2D eigenvalue weighted by atomic mass is 9.89. The Hall–Kier alpha value is -0.850. The van der Waals surface area contributed by atoms with Gasteiger partial charge in [-0.05, 0) is 38.2 Å². The molecule has 66 valence electrons. The van der Waals surface area contributed by atoms with Crippen molar-refractivity contribution in [3.05, 3.63) is 23.8 Å². The van der Waals surface area contributed by atoms with E-state index in [2.05, 4.69) is 13.5 Å². The topological polar surface area (TPSA) is 17.1 Å². The zero-order valence-corrected chi connectivity index (χ0v) is 7.73. The van der Waals surface area contributed by atoms with E-state index in [4.69, 9.17) is 0 Å². The average molecular weight is 164 g/mol. The second kappa shape index (κ2) is 4.24. The highest BCUT2D eigenvalue weighted by molar-refractivity contribution is 5.96. The van der Waals surface area contributed by atoms with Crippen molar-refractivity contribution in [1.29, 1.82) is 0 Å². The van der Waals surface area contributed by atoms with E-state index in [-0.39, 0.29) is 0 Å². The van der Waals surface area contributed by atoms with Crippen LogP contribution in [0.4, 0.5) is 0 Å². The van der Waals surface area contributed by atoms with E-state index in [0.717, 1.165) is 37.7 Å². The molecule has 0 saturated heterocycles. The number of Topliss-reactive ketones (excluding diaryl/α,β-unsaturated/α-hetero) is 1. The van der Waals surface area contributed by atoms with Gasteiger partial charge in [-0.1, -0.05) is 11.6 Å². The predicted molar refractivity (Wildman–Crippen MR) is 51.0 cm³/mol. The fraction of sp³-hybridized carbons (Fsp3) is 0.545. The zero-order chi connectivity index (χ0) is 8.97. The van der Waals surface area contributed by atoms with Gasteiger partial charge in [0.15, 0.2) is 5.78 Å². The Kier molecular flexibility index (Phi) is 3.27. The maximum Gasteiger partial charge on any atom is 0.158 e. The molecule has 12 heavy (non-hydrogen) atoms. The van der Waals surface area contributed by atoms with E-state index in [9.17, 15) is 4.79 Å². The van der Waals surface area contributed by atoms with Gasteiger partial charge in [-0.2, -0.15) is 0 Å². The van der Waals surface area contributed by atoms with Crippen molar-refractivity contribution >= 4 is 5.78 Å². The van der Waals surface area contributed by atoms with Crippen LogP contribution in [0.1, 0.15) is 39.0 Å². The summed E-state index contributed by atoms with van der Waals surface area (Å²) in [7, 11) is 0. The molecule has 0 fully saturated rings. The highest BCUT2D eigenvalue weighted by Crippen LogP contribution is 2.24. The minimum atomic E-state index is 0.362. The number of allylic oxidation sites excluding steroid dienone is 3. The van der Waals surface area contributed by atoms with Crippen LogP contribution in [0.15, 0.2) is 23.8 Å². The normalized spacial score (nSPS) is 18.2. The molecule has 1 aliphatic carbocycles. The van der Waals surface area contributed by atoms with Crippen molar-refractivity contribution in [3.63, 3.8) is 0 Å². The number of carbonyl (C=O) groups excluding carboxylic acids is 1. The third kappa shape index (κ3) is 2.07. The Bertz CT molecular complexity index is 223. The second-order valence-electron chi connectivity index (χ2n) is 3.36. The van der Waals surface area contributed by atoms with Gasteiger partial charge in [-0.3, -0.25) is 4.79 Å². The Balaban J connectivity index is 2.67. The van der Waals surface area contributed by atoms with Crippen LogP contribution in [-0.4, -0.2) is 5.78 Å². The lowest BCUT2D eigenvalue weighted by Gasteiger charge is -2.15. The third-order valence-corrected chi connectivity index (χ3v) is 2.41. The molecule has 0 saturated carbocycles. The van der Waals surface area contributed by atoms with Gasteiger partial charge in [-0.25, -0.2) is 0 Å². The number of carbonyl (C=O) groups is 1. The summed E-state index contributed by atoms with van der Waals surface area (Å²) in [6.45, 7) is 5.74. The predicted octanol–water partition coefficient (Wildman–Crippen LogP) is 3.02. The largest absolute Gasteiger partial charge is 0.295 e. The molecule has 0 aromatic rings. The first kappa shape index (κ1) is 9.24.